The molecule has 1 amide bonds. The first kappa shape index (κ1) is 22.8. The Hall–Kier alpha value is -2.85. The second kappa shape index (κ2) is 10.5. The maximum atomic E-state index is 12.9. The van der Waals surface area contributed by atoms with E-state index in [1.807, 2.05) is 23.1 Å². The average Bonchev–Trinajstić information content (AvgIpc) is 3.38. The molecule has 2 aromatic rings. The SMILES string of the molecule is CCOC(=O)CN[C@H](C)C(=O)N1CCC[C@H]1CCc1[nH]c2cc(C#N)ccc2c1CC. The summed E-state index contributed by atoms with van der Waals surface area (Å²) in [6.45, 7) is 6.85. The molecule has 0 saturated carbocycles. The number of ether oxygens (including phenoxy) is 1. The van der Waals surface area contributed by atoms with E-state index in [-0.39, 0.29) is 24.5 Å². The van der Waals surface area contributed by atoms with Crippen molar-refractivity contribution in [3.05, 3.63) is 35.0 Å². The zero-order valence-corrected chi connectivity index (χ0v) is 18.7. The topological polar surface area (TPSA) is 98.2 Å². The normalized spacial score (nSPS) is 17.0. The average molecular weight is 425 g/mol. The van der Waals surface area contributed by atoms with Crippen LogP contribution in [0.25, 0.3) is 10.9 Å². The molecule has 2 atom stereocenters. The van der Waals surface area contributed by atoms with E-state index < -0.39 is 6.04 Å². The molecular weight excluding hydrogens is 392 g/mol. The molecule has 3 rings (SSSR count). The molecule has 1 fully saturated rings. The van der Waals surface area contributed by atoms with Gasteiger partial charge >= 0.3 is 5.97 Å². The number of likely N-dealkylation sites (tertiary alicyclic amines) is 1. The molecule has 0 aliphatic carbocycles. The number of carbonyl (C=O) groups is 2. The summed E-state index contributed by atoms with van der Waals surface area (Å²) < 4.78 is 4.92. The smallest absolute Gasteiger partial charge is 0.319 e. The lowest BCUT2D eigenvalue weighted by atomic mass is 10.0. The largest absolute Gasteiger partial charge is 0.465 e. The highest BCUT2D eigenvalue weighted by molar-refractivity contribution is 5.86. The molecule has 0 radical (unpaired) electrons. The van der Waals surface area contributed by atoms with E-state index in [9.17, 15) is 9.59 Å². The van der Waals surface area contributed by atoms with Crippen molar-refractivity contribution in [2.24, 2.45) is 0 Å². The van der Waals surface area contributed by atoms with Gasteiger partial charge in [-0.3, -0.25) is 14.9 Å². The first-order chi connectivity index (χ1) is 15.0. The Balaban J connectivity index is 1.64. The van der Waals surface area contributed by atoms with Crippen LogP contribution >= 0.6 is 0 Å². The fraction of sp³-hybridized carbons (Fsp3) is 0.542. The number of esters is 1. The third-order valence-electron chi connectivity index (χ3n) is 6.09. The van der Waals surface area contributed by atoms with E-state index in [4.69, 9.17) is 10.00 Å². The van der Waals surface area contributed by atoms with E-state index in [1.54, 1.807) is 13.8 Å². The van der Waals surface area contributed by atoms with Gasteiger partial charge in [-0.25, -0.2) is 0 Å². The molecule has 1 aromatic carbocycles. The van der Waals surface area contributed by atoms with Gasteiger partial charge in [0.1, 0.15) is 0 Å². The van der Waals surface area contributed by atoms with Gasteiger partial charge in [-0.05, 0) is 63.6 Å². The van der Waals surface area contributed by atoms with Crippen LogP contribution in [-0.4, -0.2) is 53.5 Å². The Kier molecular flexibility index (Phi) is 7.69. The van der Waals surface area contributed by atoms with Crippen molar-refractivity contribution in [2.75, 3.05) is 19.7 Å². The minimum Gasteiger partial charge on any atom is -0.465 e. The minimum atomic E-state index is -0.423. The number of hydrogen-bond acceptors (Lipinski definition) is 5. The number of H-pyrrole nitrogens is 1. The van der Waals surface area contributed by atoms with E-state index in [0.717, 1.165) is 44.2 Å². The number of carbonyl (C=O) groups excluding carboxylic acids is 2. The number of aryl methyl sites for hydroxylation is 2. The molecule has 0 spiro atoms. The number of fused-ring (bicyclic) bond motifs is 1. The minimum absolute atomic E-state index is 0.0397. The number of nitrogens with one attached hydrogen (secondary N) is 2. The Bertz CT molecular complexity index is 975. The molecule has 1 aliphatic rings. The second-order valence-corrected chi connectivity index (χ2v) is 8.08. The molecule has 1 saturated heterocycles. The maximum absolute atomic E-state index is 12.9. The zero-order valence-electron chi connectivity index (χ0n) is 18.7. The van der Waals surface area contributed by atoms with Crippen LogP contribution in [-0.2, 0) is 27.2 Å². The monoisotopic (exact) mass is 424 g/mol. The van der Waals surface area contributed by atoms with Crippen molar-refractivity contribution < 1.29 is 14.3 Å². The molecule has 7 nitrogen and oxygen atoms in total. The lowest BCUT2D eigenvalue weighted by Gasteiger charge is -2.28. The van der Waals surface area contributed by atoms with Crippen LogP contribution in [0, 0.1) is 11.3 Å². The molecule has 2 heterocycles. The van der Waals surface area contributed by atoms with Crippen LogP contribution in [0.15, 0.2) is 18.2 Å². The van der Waals surface area contributed by atoms with Crippen molar-refractivity contribution in [3.8, 4) is 6.07 Å². The third kappa shape index (κ3) is 5.26. The number of nitriles is 1. The van der Waals surface area contributed by atoms with Gasteiger partial charge in [-0.1, -0.05) is 13.0 Å². The summed E-state index contributed by atoms with van der Waals surface area (Å²) in [5, 5.41) is 13.3. The van der Waals surface area contributed by atoms with E-state index >= 15 is 0 Å². The van der Waals surface area contributed by atoms with Gasteiger partial charge < -0.3 is 14.6 Å². The quantitative estimate of drug-likeness (QED) is 0.603. The van der Waals surface area contributed by atoms with Crippen LogP contribution in [0.3, 0.4) is 0 Å². The summed E-state index contributed by atoms with van der Waals surface area (Å²) in [4.78, 5) is 30.0. The maximum Gasteiger partial charge on any atom is 0.319 e. The number of hydrogen-bond donors (Lipinski definition) is 2. The zero-order chi connectivity index (χ0) is 22.4. The van der Waals surface area contributed by atoms with Gasteiger partial charge in [0.05, 0.1) is 30.8 Å². The Labute approximate surface area is 183 Å². The molecule has 0 unspecified atom stereocenters. The molecule has 1 aliphatic heterocycles. The Morgan fingerprint density at radius 3 is 2.90 bits per heavy atom. The first-order valence-electron chi connectivity index (χ1n) is 11.2. The fourth-order valence-electron chi connectivity index (χ4n) is 4.52. The lowest BCUT2D eigenvalue weighted by Crippen LogP contribution is -2.48. The van der Waals surface area contributed by atoms with Crippen molar-refractivity contribution in [2.45, 2.75) is 65.0 Å². The van der Waals surface area contributed by atoms with Gasteiger partial charge in [0.2, 0.25) is 5.91 Å². The van der Waals surface area contributed by atoms with E-state index in [1.165, 1.54) is 16.6 Å². The van der Waals surface area contributed by atoms with E-state index in [2.05, 4.69) is 23.3 Å². The van der Waals surface area contributed by atoms with Gasteiger partial charge in [0, 0.05) is 29.2 Å². The molecular formula is C24H32N4O3. The van der Waals surface area contributed by atoms with Crippen LogP contribution in [0.5, 0.6) is 0 Å². The molecule has 166 valence electrons. The van der Waals surface area contributed by atoms with Crippen molar-refractivity contribution in [1.29, 1.82) is 5.26 Å². The van der Waals surface area contributed by atoms with Gasteiger partial charge in [0.15, 0.2) is 0 Å². The van der Waals surface area contributed by atoms with E-state index in [0.29, 0.717) is 12.2 Å². The van der Waals surface area contributed by atoms with Crippen molar-refractivity contribution in [3.63, 3.8) is 0 Å². The molecule has 2 N–H and O–H groups in total. The van der Waals surface area contributed by atoms with Crippen LogP contribution < -0.4 is 5.32 Å². The van der Waals surface area contributed by atoms with Crippen LogP contribution in [0.1, 0.15) is 56.9 Å². The first-order valence-corrected chi connectivity index (χ1v) is 11.2. The van der Waals surface area contributed by atoms with Gasteiger partial charge in [-0.15, -0.1) is 0 Å². The fourth-order valence-corrected chi connectivity index (χ4v) is 4.52. The molecule has 7 heteroatoms. The standard InChI is InChI=1S/C24H32N4O3/c1-4-19-20-10-8-17(14-25)13-22(20)27-21(19)11-9-18-7-6-12-28(18)24(30)16(3)26-15-23(29)31-5-2/h8,10,13,16,18,26-27H,4-7,9,11-12,15H2,1-3H3/t16-,18+/m1/s1. The predicted molar refractivity (Wildman–Crippen MR) is 120 cm³/mol. The summed E-state index contributed by atoms with van der Waals surface area (Å²) in [5.74, 6) is -0.302. The van der Waals surface area contributed by atoms with Crippen molar-refractivity contribution in [1.82, 2.24) is 15.2 Å². The van der Waals surface area contributed by atoms with Crippen LogP contribution in [0.2, 0.25) is 0 Å². The number of amides is 1. The highest BCUT2D eigenvalue weighted by Gasteiger charge is 2.31. The molecule has 1 aromatic heterocycles. The summed E-state index contributed by atoms with van der Waals surface area (Å²) >= 11 is 0. The van der Waals surface area contributed by atoms with Gasteiger partial charge in [0.25, 0.3) is 0 Å². The summed E-state index contributed by atoms with van der Waals surface area (Å²) in [5.41, 5.74) is 4.14. The van der Waals surface area contributed by atoms with Gasteiger partial charge in [-0.2, -0.15) is 5.26 Å². The number of benzene rings is 1. The lowest BCUT2D eigenvalue weighted by molar-refractivity contribution is -0.142. The van der Waals surface area contributed by atoms with Crippen LogP contribution in [0.4, 0.5) is 0 Å². The highest BCUT2D eigenvalue weighted by Crippen LogP contribution is 2.28. The molecule has 0 bridgehead atoms. The number of rotatable bonds is 9. The summed E-state index contributed by atoms with van der Waals surface area (Å²) in [6.07, 6.45) is 4.67. The third-order valence-corrected chi connectivity index (χ3v) is 6.09. The summed E-state index contributed by atoms with van der Waals surface area (Å²) in [6, 6.07) is 7.76. The Morgan fingerprint density at radius 1 is 1.39 bits per heavy atom. The number of aromatic nitrogens is 1. The highest BCUT2D eigenvalue weighted by atomic mass is 16.5. The molecule has 31 heavy (non-hydrogen) atoms. The number of aromatic amines is 1. The van der Waals surface area contributed by atoms with Crippen molar-refractivity contribution >= 4 is 22.8 Å². The Morgan fingerprint density at radius 2 is 2.19 bits per heavy atom. The predicted octanol–water partition coefficient (Wildman–Crippen LogP) is 3.07. The number of nitrogens with zero attached hydrogens (tertiary/aromatic N) is 2. The summed E-state index contributed by atoms with van der Waals surface area (Å²) in [7, 11) is 0. The second-order valence-electron chi connectivity index (χ2n) is 8.08.